The third-order valence-electron chi connectivity index (χ3n) is 10.6. The van der Waals surface area contributed by atoms with Crippen LogP contribution in [0.4, 0.5) is 4.79 Å². The second-order valence-corrected chi connectivity index (χ2v) is 21.1. The van der Waals surface area contributed by atoms with Gasteiger partial charge in [0.15, 0.2) is 19.7 Å². The molecule has 1 N–H and O–H groups in total. The maximum absolute atomic E-state index is 15.5. The lowest BCUT2D eigenvalue weighted by molar-refractivity contribution is -0.141. The van der Waals surface area contributed by atoms with Gasteiger partial charge in [0, 0.05) is 11.5 Å². The molecular formula is C37H52N2O9Si. The predicted octanol–water partition coefficient (Wildman–Crippen LogP) is 8.02. The molecule has 1 aromatic heterocycles. The van der Waals surface area contributed by atoms with Gasteiger partial charge >= 0.3 is 6.16 Å². The van der Waals surface area contributed by atoms with E-state index in [1.165, 1.54) is 0 Å². The number of aliphatic hydroxyl groups is 1. The van der Waals surface area contributed by atoms with Crippen molar-refractivity contribution in [3.63, 3.8) is 0 Å². The largest absolute Gasteiger partial charge is 0.514 e. The zero-order chi connectivity index (χ0) is 36.4. The number of benzene rings is 1. The Labute approximate surface area is 290 Å². The smallest absolute Gasteiger partial charge is 0.507 e. The van der Waals surface area contributed by atoms with E-state index in [0.29, 0.717) is 24.4 Å². The van der Waals surface area contributed by atoms with E-state index in [1.807, 2.05) is 52.0 Å². The number of aromatic nitrogens is 1. The van der Waals surface area contributed by atoms with Crippen LogP contribution in [0.3, 0.4) is 0 Å². The molecule has 1 aromatic carbocycles. The standard InChI is InChI=1S/C37H52N2O9Si/c1-13-14-18-44-33-27-30(47-38-33)28(39(9)10)23-19-22-20(2)21-16-15-17-24(45-34(43)46-35(3,4)5)25(21)29(40)26(22)31(41)37(23,32(27)42)48-49(11,12)36(6,7)8/h15-17,20,22-23,28,40H,13-14,18-19H2,1-12H3/t20-,22+,23-,28-,37-/m0/s1. The topological polar surface area (TPSA) is 138 Å². The highest BCUT2D eigenvalue weighted by Crippen LogP contribution is 2.61. The first-order valence-electron chi connectivity index (χ1n) is 17.2. The van der Waals surface area contributed by atoms with Crippen LogP contribution in [0.2, 0.25) is 18.1 Å². The van der Waals surface area contributed by atoms with Gasteiger partial charge in [-0.2, -0.15) is 0 Å². The monoisotopic (exact) mass is 696 g/mol. The van der Waals surface area contributed by atoms with Crippen molar-refractivity contribution in [1.29, 1.82) is 0 Å². The number of Topliss-reactive ketones (excluding diaryl/α,β-unsaturated/α-hetero) is 2. The molecule has 1 saturated carbocycles. The van der Waals surface area contributed by atoms with Crippen molar-refractivity contribution in [3.05, 3.63) is 46.2 Å². The molecule has 0 aliphatic heterocycles. The molecule has 1 heterocycles. The Balaban J connectivity index is 1.75. The first-order valence-corrected chi connectivity index (χ1v) is 20.1. The van der Waals surface area contributed by atoms with Crippen LogP contribution in [0.1, 0.15) is 114 Å². The molecule has 268 valence electrons. The molecule has 11 nitrogen and oxygen atoms in total. The van der Waals surface area contributed by atoms with Crippen LogP contribution < -0.4 is 9.47 Å². The van der Waals surface area contributed by atoms with Crippen LogP contribution >= 0.6 is 0 Å². The summed E-state index contributed by atoms with van der Waals surface area (Å²) in [5, 5.41) is 16.0. The summed E-state index contributed by atoms with van der Waals surface area (Å²) in [5.74, 6) is -2.48. The zero-order valence-electron chi connectivity index (χ0n) is 31.0. The number of ether oxygens (including phenoxy) is 3. The predicted molar refractivity (Wildman–Crippen MR) is 187 cm³/mol. The van der Waals surface area contributed by atoms with Crippen LogP contribution in [0.5, 0.6) is 11.6 Å². The van der Waals surface area contributed by atoms with E-state index in [9.17, 15) is 9.90 Å². The number of hydrogen-bond acceptors (Lipinski definition) is 11. The van der Waals surface area contributed by atoms with E-state index in [1.54, 1.807) is 32.9 Å². The van der Waals surface area contributed by atoms with Crippen molar-refractivity contribution in [1.82, 2.24) is 10.1 Å². The van der Waals surface area contributed by atoms with Crippen LogP contribution in [0.25, 0.3) is 5.76 Å². The van der Waals surface area contributed by atoms with E-state index in [0.717, 1.165) is 12.8 Å². The molecule has 0 amide bonds. The van der Waals surface area contributed by atoms with E-state index in [-0.39, 0.29) is 45.0 Å². The summed E-state index contributed by atoms with van der Waals surface area (Å²) in [4.78, 5) is 45.5. The summed E-state index contributed by atoms with van der Waals surface area (Å²) < 4.78 is 30.1. The van der Waals surface area contributed by atoms with Crippen molar-refractivity contribution in [2.45, 2.75) is 116 Å². The first-order chi connectivity index (χ1) is 22.7. The highest BCUT2D eigenvalue weighted by atomic mass is 28.4. The number of unbranched alkanes of at least 4 members (excludes halogenated alkanes) is 1. The fraction of sp³-hybridized carbons (Fsp3) is 0.622. The molecule has 12 heteroatoms. The number of carbonyl (C=O) groups excluding carboxylic acids is 3. The fourth-order valence-corrected chi connectivity index (χ4v) is 8.68. The van der Waals surface area contributed by atoms with Gasteiger partial charge in [-0.05, 0) is 94.5 Å². The number of ketones is 2. The van der Waals surface area contributed by atoms with Gasteiger partial charge in [-0.3, -0.25) is 14.5 Å². The Hall–Kier alpha value is -3.48. The number of aliphatic hydroxyl groups excluding tert-OH is 1. The third-order valence-corrected chi connectivity index (χ3v) is 15.1. The van der Waals surface area contributed by atoms with Gasteiger partial charge in [0.2, 0.25) is 11.6 Å². The van der Waals surface area contributed by atoms with Gasteiger partial charge in [-0.1, -0.05) is 53.2 Å². The van der Waals surface area contributed by atoms with Gasteiger partial charge in [0.1, 0.15) is 22.7 Å². The molecule has 0 spiro atoms. The Morgan fingerprint density at radius 2 is 1.78 bits per heavy atom. The molecule has 0 bridgehead atoms. The van der Waals surface area contributed by atoms with Crippen LogP contribution in [0.15, 0.2) is 28.3 Å². The van der Waals surface area contributed by atoms with Crippen LogP contribution in [-0.2, 0) is 14.0 Å². The van der Waals surface area contributed by atoms with Crippen molar-refractivity contribution in [3.8, 4) is 11.6 Å². The molecule has 49 heavy (non-hydrogen) atoms. The highest BCUT2D eigenvalue weighted by Gasteiger charge is 2.69. The third kappa shape index (κ3) is 6.14. The molecule has 0 saturated heterocycles. The number of rotatable bonds is 8. The summed E-state index contributed by atoms with van der Waals surface area (Å²) >= 11 is 0. The summed E-state index contributed by atoms with van der Waals surface area (Å²) in [7, 11) is 0.895. The molecule has 5 atom stereocenters. The second kappa shape index (κ2) is 12.7. The average Bonchev–Trinajstić information content (AvgIpc) is 3.38. The molecule has 0 unspecified atom stereocenters. The minimum Gasteiger partial charge on any atom is -0.507 e. The van der Waals surface area contributed by atoms with Crippen LogP contribution in [0, 0.1) is 11.8 Å². The Kier molecular flexibility index (Phi) is 9.52. The number of fused-ring (bicyclic) bond motifs is 4. The minimum absolute atomic E-state index is 0.0421. The van der Waals surface area contributed by atoms with Crippen molar-refractivity contribution < 1.29 is 42.6 Å². The lowest BCUT2D eigenvalue weighted by atomic mass is 9.55. The maximum Gasteiger partial charge on any atom is 0.514 e. The number of hydrogen-bond donors (Lipinski definition) is 1. The van der Waals surface area contributed by atoms with Gasteiger partial charge in [-0.15, -0.1) is 0 Å². The highest BCUT2D eigenvalue weighted by molar-refractivity contribution is 6.74. The van der Waals surface area contributed by atoms with E-state index < -0.39 is 55.1 Å². The van der Waals surface area contributed by atoms with Gasteiger partial charge in [0.05, 0.1) is 18.2 Å². The molecule has 2 aromatic rings. The number of nitrogens with zero attached hydrogens (tertiary/aromatic N) is 2. The van der Waals surface area contributed by atoms with E-state index in [2.05, 4.69) is 25.9 Å². The van der Waals surface area contributed by atoms with Crippen LogP contribution in [-0.4, -0.2) is 73.1 Å². The molecular weight excluding hydrogens is 644 g/mol. The minimum atomic E-state index is -2.87. The molecule has 1 fully saturated rings. The summed E-state index contributed by atoms with van der Waals surface area (Å²) in [5.41, 5.74) is -1.67. The van der Waals surface area contributed by atoms with Gasteiger partial charge in [0.25, 0.3) is 5.88 Å². The number of carbonyl (C=O) groups is 3. The Bertz CT molecular complexity index is 1680. The summed E-state index contributed by atoms with van der Waals surface area (Å²) in [6, 6.07) is 4.60. The van der Waals surface area contributed by atoms with Crippen molar-refractivity contribution in [2.75, 3.05) is 20.7 Å². The molecule has 3 aliphatic rings. The fourth-order valence-electron chi connectivity index (χ4n) is 7.23. The summed E-state index contributed by atoms with van der Waals surface area (Å²) in [6.45, 7) is 19.7. The normalized spacial score (nSPS) is 25.4. The average molecular weight is 697 g/mol. The Morgan fingerprint density at radius 3 is 2.37 bits per heavy atom. The first kappa shape index (κ1) is 36.8. The zero-order valence-corrected chi connectivity index (χ0v) is 32.0. The van der Waals surface area contributed by atoms with E-state index in [4.69, 9.17) is 23.2 Å². The quantitative estimate of drug-likeness (QED) is 0.0944. The molecule has 0 radical (unpaired) electrons. The molecule has 3 aliphatic carbocycles. The van der Waals surface area contributed by atoms with Crippen molar-refractivity contribution in [2.24, 2.45) is 11.8 Å². The molecule has 5 rings (SSSR count). The van der Waals surface area contributed by atoms with Crippen molar-refractivity contribution >= 4 is 31.8 Å². The van der Waals surface area contributed by atoms with Gasteiger partial charge < -0.3 is 28.3 Å². The van der Waals surface area contributed by atoms with Gasteiger partial charge in [-0.25, -0.2) is 4.79 Å². The second-order valence-electron chi connectivity index (χ2n) is 16.4. The maximum atomic E-state index is 15.5. The SMILES string of the molecule is CCCCOc1noc2c1C(=O)[C@@]1(O[Si](C)(C)C(C)(C)C)C(=O)C3=C(O)c4c(OC(=O)OC(C)(C)C)cccc4[C@H](C)[C@H]3C[C@H]1[C@@H]2N(C)C. The van der Waals surface area contributed by atoms with E-state index >= 15 is 9.59 Å². The Morgan fingerprint density at radius 1 is 1.10 bits per heavy atom. The lowest BCUT2D eigenvalue weighted by Gasteiger charge is -2.55. The summed E-state index contributed by atoms with van der Waals surface area (Å²) in [6.07, 6.45) is 1.01. The lowest BCUT2D eigenvalue weighted by Crippen LogP contribution is -2.68.